The summed E-state index contributed by atoms with van der Waals surface area (Å²) < 4.78 is 18.9. The molecule has 4 heterocycles. The van der Waals surface area contributed by atoms with E-state index in [1.165, 1.54) is 0 Å². The standard InChI is InChI=1S/C29H36N4O5/c1-29(2,3)38-28(35)33(20-21-6-8-24-25(19-21)37-18-17-36-24)23-10-13-31(14-11-23)15-16-32-26(34)9-7-22-5-4-12-30-27(22)32/h4-9,12,19,23H,10-11,13-18,20H2,1-3H3. The highest BCUT2D eigenvalue weighted by Crippen LogP contribution is 2.32. The van der Waals surface area contributed by atoms with E-state index in [1.807, 2.05) is 62.1 Å². The average molecular weight is 521 g/mol. The third-order valence-electron chi connectivity index (χ3n) is 6.97. The van der Waals surface area contributed by atoms with Gasteiger partial charge in [0.05, 0.1) is 0 Å². The molecule has 1 fully saturated rings. The summed E-state index contributed by atoms with van der Waals surface area (Å²) in [7, 11) is 0. The van der Waals surface area contributed by atoms with Gasteiger partial charge in [-0.2, -0.15) is 0 Å². The number of aromatic nitrogens is 2. The number of benzene rings is 1. The zero-order valence-electron chi connectivity index (χ0n) is 22.4. The third kappa shape index (κ3) is 6.10. The van der Waals surface area contributed by atoms with Crippen molar-refractivity contribution in [3.63, 3.8) is 0 Å². The van der Waals surface area contributed by atoms with Crippen LogP contribution in [0, 0.1) is 0 Å². The van der Waals surface area contributed by atoms with Gasteiger partial charge in [-0.05, 0) is 69.5 Å². The molecule has 1 amide bonds. The van der Waals surface area contributed by atoms with Crippen molar-refractivity contribution in [2.45, 2.75) is 58.3 Å². The van der Waals surface area contributed by atoms with E-state index in [0.717, 1.165) is 49.2 Å². The van der Waals surface area contributed by atoms with Gasteiger partial charge >= 0.3 is 6.09 Å². The quantitative estimate of drug-likeness (QED) is 0.484. The maximum Gasteiger partial charge on any atom is 0.410 e. The van der Waals surface area contributed by atoms with Crippen molar-refractivity contribution in [2.75, 3.05) is 32.8 Å². The van der Waals surface area contributed by atoms with E-state index in [0.29, 0.717) is 37.7 Å². The first-order chi connectivity index (χ1) is 18.3. The minimum absolute atomic E-state index is 0.0402. The number of carbonyl (C=O) groups is 1. The number of hydrogen-bond acceptors (Lipinski definition) is 7. The molecule has 0 unspecified atom stereocenters. The Hall–Kier alpha value is -3.59. The minimum atomic E-state index is -0.581. The Labute approximate surface area is 222 Å². The Morgan fingerprint density at radius 3 is 2.58 bits per heavy atom. The van der Waals surface area contributed by atoms with Gasteiger partial charge in [0.2, 0.25) is 0 Å². The fourth-order valence-electron chi connectivity index (χ4n) is 5.08. The van der Waals surface area contributed by atoms with Gasteiger partial charge in [-0.3, -0.25) is 9.36 Å². The SMILES string of the molecule is CC(C)(C)OC(=O)N(Cc1ccc2c(c1)OCCO2)C1CCN(CCn2c(=O)ccc3cccnc32)CC1. The first kappa shape index (κ1) is 26.0. The predicted molar refractivity (Wildman–Crippen MR) is 145 cm³/mol. The van der Waals surface area contributed by atoms with Gasteiger partial charge in [0.1, 0.15) is 24.5 Å². The second-order valence-corrected chi connectivity index (χ2v) is 10.9. The van der Waals surface area contributed by atoms with Crippen LogP contribution >= 0.6 is 0 Å². The number of rotatable bonds is 6. The summed E-state index contributed by atoms with van der Waals surface area (Å²) in [5, 5.41) is 0.956. The number of pyridine rings is 2. The number of hydrogen-bond donors (Lipinski definition) is 0. The average Bonchev–Trinajstić information content (AvgIpc) is 2.90. The maximum absolute atomic E-state index is 13.3. The van der Waals surface area contributed by atoms with Crippen LogP contribution in [-0.4, -0.2) is 69.9 Å². The van der Waals surface area contributed by atoms with Crippen molar-refractivity contribution in [3.05, 3.63) is 64.6 Å². The molecule has 5 rings (SSSR count). The molecule has 0 atom stereocenters. The largest absolute Gasteiger partial charge is 0.486 e. The number of amides is 1. The van der Waals surface area contributed by atoms with Crippen LogP contribution < -0.4 is 15.0 Å². The molecule has 0 spiro atoms. The van der Waals surface area contributed by atoms with Crippen LogP contribution in [0.2, 0.25) is 0 Å². The zero-order chi connectivity index (χ0) is 26.7. The Morgan fingerprint density at radius 2 is 1.82 bits per heavy atom. The van der Waals surface area contributed by atoms with E-state index in [1.54, 1.807) is 16.8 Å². The number of ether oxygens (including phenoxy) is 3. The Morgan fingerprint density at radius 1 is 1.05 bits per heavy atom. The molecule has 9 heteroatoms. The molecule has 38 heavy (non-hydrogen) atoms. The normalized spacial score (nSPS) is 16.4. The lowest BCUT2D eigenvalue weighted by Crippen LogP contribution is -2.49. The highest BCUT2D eigenvalue weighted by molar-refractivity contribution is 5.74. The van der Waals surface area contributed by atoms with Crippen LogP contribution in [0.4, 0.5) is 4.79 Å². The molecule has 0 N–H and O–H groups in total. The second kappa shape index (κ2) is 11.0. The third-order valence-corrected chi connectivity index (χ3v) is 6.97. The molecule has 0 radical (unpaired) electrons. The van der Waals surface area contributed by atoms with Crippen molar-refractivity contribution in [3.8, 4) is 11.5 Å². The summed E-state index contributed by atoms with van der Waals surface area (Å²) in [4.78, 5) is 34.5. The molecule has 0 bridgehead atoms. The summed E-state index contributed by atoms with van der Waals surface area (Å²) in [6.07, 6.45) is 3.06. The smallest absolute Gasteiger partial charge is 0.410 e. The van der Waals surface area contributed by atoms with E-state index < -0.39 is 5.60 Å². The van der Waals surface area contributed by atoms with Crippen molar-refractivity contribution in [1.82, 2.24) is 19.4 Å². The van der Waals surface area contributed by atoms with Gasteiger partial charge in [-0.25, -0.2) is 9.78 Å². The van der Waals surface area contributed by atoms with Gasteiger partial charge in [-0.1, -0.05) is 6.07 Å². The van der Waals surface area contributed by atoms with E-state index in [9.17, 15) is 9.59 Å². The van der Waals surface area contributed by atoms with Gasteiger partial charge < -0.3 is 24.0 Å². The Balaban J connectivity index is 1.25. The number of likely N-dealkylation sites (tertiary alicyclic amines) is 1. The lowest BCUT2D eigenvalue weighted by atomic mass is 10.0. The maximum atomic E-state index is 13.3. The monoisotopic (exact) mass is 520 g/mol. The van der Waals surface area contributed by atoms with Crippen LogP contribution in [-0.2, 0) is 17.8 Å². The zero-order valence-corrected chi connectivity index (χ0v) is 22.4. The van der Waals surface area contributed by atoms with Gasteiger partial charge in [0.15, 0.2) is 11.5 Å². The van der Waals surface area contributed by atoms with Crippen LogP contribution in [0.5, 0.6) is 11.5 Å². The predicted octanol–water partition coefficient (Wildman–Crippen LogP) is 4.07. The number of piperidine rings is 1. The highest BCUT2D eigenvalue weighted by Gasteiger charge is 2.31. The molecular weight excluding hydrogens is 484 g/mol. The molecule has 1 saturated heterocycles. The first-order valence-corrected chi connectivity index (χ1v) is 13.3. The van der Waals surface area contributed by atoms with Crippen molar-refractivity contribution < 1.29 is 19.0 Å². The lowest BCUT2D eigenvalue weighted by Gasteiger charge is -2.39. The van der Waals surface area contributed by atoms with Crippen LogP contribution in [0.15, 0.2) is 53.5 Å². The van der Waals surface area contributed by atoms with Crippen molar-refractivity contribution in [2.24, 2.45) is 0 Å². The molecule has 1 aromatic carbocycles. The van der Waals surface area contributed by atoms with E-state index in [4.69, 9.17) is 14.2 Å². The molecule has 2 aliphatic rings. The molecule has 3 aromatic rings. The molecule has 0 saturated carbocycles. The molecule has 2 aromatic heterocycles. The first-order valence-electron chi connectivity index (χ1n) is 13.3. The lowest BCUT2D eigenvalue weighted by molar-refractivity contribution is 0.00562. The number of nitrogens with zero attached hydrogens (tertiary/aromatic N) is 4. The molecule has 202 valence electrons. The van der Waals surface area contributed by atoms with E-state index >= 15 is 0 Å². The second-order valence-electron chi connectivity index (χ2n) is 10.9. The number of fused-ring (bicyclic) bond motifs is 2. The van der Waals surface area contributed by atoms with Crippen molar-refractivity contribution in [1.29, 1.82) is 0 Å². The van der Waals surface area contributed by atoms with Gasteiger partial charge in [-0.15, -0.1) is 0 Å². The topological polar surface area (TPSA) is 86.1 Å². The number of carbonyl (C=O) groups excluding carboxylic acids is 1. The Bertz CT molecular complexity index is 1340. The molecule has 2 aliphatic heterocycles. The summed E-state index contributed by atoms with van der Waals surface area (Å²) in [5.74, 6) is 1.45. The fraction of sp³-hybridized carbons (Fsp3) is 0.483. The molecule has 0 aliphatic carbocycles. The molecule has 9 nitrogen and oxygen atoms in total. The minimum Gasteiger partial charge on any atom is -0.486 e. The van der Waals surface area contributed by atoms with Crippen LogP contribution in [0.3, 0.4) is 0 Å². The van der Waals surface area contributed by atoms with E-state index in [2.05, 4.69) is 9.88 Å². The van der Waals surface area contributed by atoms with Crippen LogP contribution in [0.25, 0.3) is 11.0 Å². The highest BCUT2D eigenvalue weighted by atomic mass is 16.6. The van der Waals surface area contributed by atoms with E-state index in [-0.39, 0.29) is 17.7 Å². The Kier molecular flexibility index (Phi) is 7.56. The fourth-order valence-corrected chi connectivity index (χ4v) is 5.08. The summed E-state index contributed by atoms with van der Waals surface area (Å²) in [6.45, 7) is 10.1. The summed E-state index contributed by atoms with van der Waals surface area (Å²) in [6, 6.07) is 13.2. The summed E-state index contributed by atoms with van der Waals surface area (Å²) in [5.41, 5.74) is 1.07. The van der Waals surface area contributed by atoms with Gasteiger partial charge in [0.25, 0.3) is 5.56 Å². The van der Waals surface area contributed by atoms with Gasteiger partial charge in [0, 0.05) is 56.4 Å². The summed E-state index contributed by atoms with van der Waals surface area (Å²) >= 11 is 0. The van der Waals surface area contributed by atoms with Crippen molar-refractivity contribution >= 4 is 17.1 Å². The van der Waals surface area contributed by atoms with Crippen LogP contribution in [0.1, 0.15) is 39.2 Å². The molecular formula is C29H36N4O5.